The van der Waals surface area contributed by atoms with Gasteiger partial charge in [-0.25, -0.2) is 4.39 Å². The molecule has 0 heterocycles. The molecule has 0 bridgehead atoms. The van der Waals surface area contributed by atoms with Crippen molar-refractivity contribution < 1.29 is 9.18 Å². The third-order valence-corrected chi connectivity index (χ3v) is 3.45. The molecule has 0 fully saturated rings. The standard InChI is InChI=1S/C19H18FN3O/c1-14-5-2-3-8-18(14)23-19(24)16(12-21)13-22-10-9-15-6-4-7-17(20)11-15/h2-8,11,13,22H,9-10H2,1H3,(H,23,24)/b16-13-. The number of rotatable bonds is 6. The average Bonchev–Trinajstić information content (AvgIpc) is 2.57. The van der Waals surface area contributed by atoms with Crippen molar-refractivity contribution in [3.63, 3.8) is 0 Å². The lowest BCUT2D eigenvalue weighted by molar-refractivity contribution is -0.112. The SMILES string of the molecule is Cc1ccccc1NC(=O)/C(C#N)=C\NCCc1cccc(F)c1. The molecule has 2 rings (SSSR count). The summed E-state index contributed by atoms with van der Waals surface area (Å²) in [5, 5.41) is 14.8. The first-order chi connectivity index (χ1) is 11.6. The number of hydrogen-bond donors (Lipinski definition) is 2. The van der Waals surface area contributed by atoms with Crippen LogP contribution in [-0.2, 0) is 11.2 Å². The first-order valence-corrected chi connectivity index (χ1v) is 7.55. The molecular weight excluding hydrogens is 305 g/mol. The molecule has 0 aliphatic carbocycles. The van der Waals surface area contributed by atoms with Gasteiger partial charge >= 0.3 is 0 Å². The fourth-order valence-electron chi connectivity index (χ4n) is 2.13. The number of hydrogen-bond acceptors (Lipinski definition) is 3. The van der Waals surface area contributed by atoms with E-state index < -0.39 is 5.91 Å². The van der Waals surface area contributed by atoms with E-state index in [0.29, 0.717) is 18.7 Å². The molecule has 122 valence electrons. The lowest BCUT2D eigenvalue weighted by atomic mass is 10.1. The molecule has 0 aromatic heterocycles. The van der Waals surface area contributed by atoms with Crippen molar-refractivity contribution in [3.05, 3.63) is 77.2 Å². The zero-order valence-electron chi connectivity index (χ0n) is 13.3. The van der Waals surface area contributed by atoms with Crippen molar-refractivity contribution in [2.24, 2.45) is 0 Å². The average molecular weight is 323 g/mol. The molecule has 2 N–H and O–H groups in total. The minimum atomic E-state index is -0.468. The molecule has 0 atom stereocenters. The second-order valence-electron chi connectivity index (χ2n) is 5.27. The third kappa shape index (κ3) is 4.96. The van der Waals surface area contributed by atoms with Gasteiger partial charge < -0.3 is 10.6 Å². The summed E-state index contributed by atoms with van der Waals surface area (Å²) in [5.41, 5.74) is 2.42. The van der Waals surface area contributed by atoms with E-state index in [1.54, 1.807) is 12.1 Å². The number of aryl methyl sites for hydroxylation is 1. The fourth-order valence-corrected chi connectivity index (χ4v) is 2.13. The normalized spacial score (nSPS) is 10.8. The molecule has 2 aromatic rings. The number of halogens is 1. The Morgan fingerprint density at radius 1 is 1.25 bits per heavy atom. The molecule has 24 heavy (non-hydrogen) atoms. The van der Waals surface area contributed by atoms with Crippen molar-refractivity contribution >= 4 is 11.6 Å². The lowest BCUT2D eigenvalue weighted by Gasteiger charge is -2.07. The highest BCUT2D eigenvalue weighted by Crippen LogP contribution is 2.14. The van der Waals surface area contributed by atoms with Crippen LogP contribution in [0, 0.1) is 24.1 Å². The number of nitriles is 1. The van der Waals surface area contributed by atoms with E-state index >= 15 is 0 Å². The van der Waals surface area contributed by atoms with E-state index in [1.807, 2.05) is 37.3 Å². The molecule has 0 saturated heterocycles. The summed E-state index contributed by atoms with van der Waals surface area (Å²) in [6.07, 6.45) is 1.97. The van der Waals surface area contributed by atoms with E-state index in [-0.39, 0.29) is 11.4 Å². The highest BCUT2D eigenvalue weighted by atomic mass is 19.1. The van der Waals surface area contributed by atoms with Gasteiger partial charge in [0.15, 0.2) is 0 Å². The Morgan fingerprint density at radius 2 is 2.04 bits per heavy atom. The van der Waals surface area contributed by atoms with Crippen LogP contribution in [0.1, 0.15) is 11.1 Å². The van der Waals surface area contributed by atoms with Gasteiger partial charge in [0.05, 0.1) is 0 Å². The Labute approximate surface area is 140 Å². The van der Waals surface area contributed by atoms with Crippen LogP contribution in [0.5, 0.6) is 0 Å². The van der Waals surface area contributed by atoms with Gasteiger partial charge in [0.1, 0.15) is 17.5 Å². The Bertz CT molecular complexity index is 793. The van der Waals surface area contributed by atoms with Crippen LogP contribution in [0.3, 0.4) is 0 Å². The van der Waals surface area contributed by atoms with Gasteiger partial charge in [-0.1, -0.05) is 30.3 Å². The Hall–Kier alpha value is -3.13. The molecule has 0 unspecified atom stereocenters. The topological polar surface area (TPSA) is 64.9 Å². The van der Waals surface area contributed by atoms with Gasteiger partial charge in [-0.2, -0.15) is 5.26 Å². The minimum absolute atomic E-state index is 0.0162. The first-order valence-electron chi connectivity index (χ1n) is 7.55. The largest absolute Gasteiger partial charge is 0.389 e. The minimum Gasteiger partial charge on any atom is -0.389 e. The number of amides is 1. The summed E-state index contributed by atoms with van der Waals surface area (Å²) >= 11 is 0. The number of nitrogens with one attached hydrogen (secondary N) is 2. The van der Waals surface area contributed by atoms with Crippen molar-refractivity contribution in [3.8, 4) is 6.07 Å². The van der Waals surface area contributed by atoms with Gasteiger partial charge in [0.2, 0.25) is 0 Å². The van der Waals surface area contributed by atoms with E-state index in [9.17, 15) is 9.18 Å². The van der Waals surface area contributed by atoms with Crippen molar-refractivity contribution in [1.29, 1.82) is 5.26 Å². The molecule has 0 aliphatic heterocycles. The van der Waals surface area contributed by atoms with Crippen LogP contribution >= 0.6 is 0 Å². The fraction of sp³-hybridized carbons (Fsp3) is 0.158. The second kappa shape index (κ2) is 8.49. The van der Waals surface area contributed by atoms with Crippen LogP contribution in [0.15, 0.2) is 60.3 Å². The van der Waals surface area contributed by atoms with Crippen molar-refractivity contribution in [2.45, 2.75) is 13.3 Å². The number of anilines is 1. The molecule has 1 amide bonds. The summed E-state index contributed by atoms with van der Waals surface area (Å²) < 4.78 is 13.1. The van der Waals surface area contributed by atoms with Crippen molar-refractivity contribution in [2.75, 3.05) is 11.9 Å². The maximum Gasteiger partial charge on any atom is 0.267 e. The van der Waals surface area contributed by atoms with E-state index in [0.717, 1.165) is 11.1 Å². The van der Waals surface area contributed by atoms with Gasteiger partial charge in [0, 0.05) is 18.4 Å². The monoisotopic (exact) mass is 323 g/mol. The van der Waals surface area contributed by atoms with Gasteiger partial charge in [-0.05, 0) is 42.7 Å². The molecule has 4 nitrogen and oxygen atoms in total. The summed E-state index contributed by atoms with van der Waals surface area (Å²) in [7, 11) is 0. The highest BCUT2D eigenvalue weighted by molar-refractivity contribution is 6.06. The van der Waals surface area contributed by atoms with Gasteiger partial charge in [-0.3, -0.25) is 4.79 Å². The quantitative estimate of drug-likeness (QED) is 0.487. The van der Waals surface area contributed by atoms with Crippen LogP contribution < -0.4 is 10.6 Å². The predicted octanol–water partition coefficient (Wildman–Crippen LogP) is 3.31. The molecule has 0 aliphatic rings. The molecule has 0 radical (unpaired) electrons. The van der Waals surface area contributed by atoms with E-state index in [1.165, 1.54) is 18.3 Å². The van der Waals surface area contributed by atoms with Crippen molar-refractivity contribution in [1.82, 2.24) is 5.32 Å². The Morgan fingerprint density at radius 3 is 2.75 bits per heavy atom. The maximum absolute atomic E-state index is 13.1. The number of para-hydroxylation sites is 1. The summed E-state index contributed by atoms with van der Waals surface area (Å²) in [4.78, 5) is 12.1. The predicted molar refractivity (Wildman–Crippen MR) is 91.6 cm³/mol. The van der Waals surface area contributed by atoms with Crippen LogP contribution in [0.2, 0.25) is 0 Å². The summed E-state index contributed by atoms with van der Waals surface area (Å²) in [5.74, 6) is -0.747. The number of carbonyl (C=O) groups excluding carboxylic acids is 1. The van der Waals surface area contributed by atoms with E-state index in [2.05, 4.69) is 10.6 Å². The summed E-state index contributed by atoms with van der Waals surface area (Å²) in [6.45, 7) is 2.37. The third-order valence-electron chi connectivity index (χ3n) is 3.45. The van der Waals surface area contributed by atoms with Gasteiger partial charge in [0.25, 0.3) is 5.91 Å². The smallest absolute Gasteiger partial charge is 0.267 e. The zero-order chi connectivity index (χ0) is 17.4. The molecule has 0 spiro atoms. The lowest BCUT2D eigenvalue weighted by Crippen LogP contribution is -2.18. The second-order valence-corrected chi connectivity index (χ2v) is 5.27. The molecule has 5 heteroatoms. The molecule has 2 aromatic carbocycles. The van der Waals surface area contributed by atoms with Crippen LogP contribution in [-0.4, -0.2) is 12.5 Å². The molecule has 0 saturated carbocycles. The van der Waals surface area contributed by atoms with Gasteiger partial charge in [-0.15, -0.1) is 0 Å². The first kappa shape index (κ1) is 17.2. The number of nitrogens with zero attached hydrogens (tertiary/aromatic N) is 1. The summed E-state index contributed by atoms with van der Waals surface area (Å²) in [6, 6.07) is 15.5. The number of benzene rings is 2. The molecular formula is C19H18FN3O. The Balaban J connectivity index is 1.90. The van der Waals surface area contributed by atoms with Crippen LogP contribution in [0.25, 0.3) is 0 Å². The van der Waals surface area contributed by atoms with E-state index in [4.69, 9.17) is 5.26 Å². The zero-order valence-corrected chi connectivity index (χ0v) is 13.3. The Kier molecular flexibility index (Phi) is 6.09. The maximum atomic E-state index is 13.1. The van der Waals surface area contributed by atoms with Crippen LogP contribution in [0.4, 0.5) is 10.1 Å². The number of carbonyl (C=O) groups is 1. The highest BCUT2D eigenvalue weighted by Gasteiger charge is 2.10.